The largest absolute Gasteiger partial charge is 0.497 e. The molecule has 0 unspecified atom stereocenters. The average Bonchev–Trinajstić information content (AvgIpc) is 3.18. The molecule has 0 saturated carbocycles. The fraction of sp³-hybridized carbons (Fsp3) is 0.348. The molecule has 8 nitrogen and oxygen atoms in total. The smallest absolute Gasteiger partial charge is 0.262 e. The van der Waals surface area contributed by atoms with Gasteiger partial charge in [0.05, 0.1) is 13.0 Å². The topological polar surface area (TPSA) is 97.0 Å². The van der Waals surface area contributed by atoms with E-state index in [4.69, 9.17) is 9.47 Å². The van der Waals surface area contributed by atoms with Gasteiger partial charge in [-0.25, -0.2) is 0 Å². The van der Waals surface area contributed by atoms with Gasteiger partial charge in [0.1, 0.15) is 11.5 Å². The van der Waals surface area contributed by atoms with Crippen LogP contribution in [0.1, 0.15) is 19.8 Å². The summed E-state index contributed by atoms with van der Waals surface area (Å²) in [5.41, 5.74) is 1.35. The number of hydrogen-bond acceptors (Lipinski definition) is 5. The first-order valence-electron chi connectivity index (χ1n) is 10.2. The minimum atomic E-state index is -0.336. The summed E-state index contributed by atoms with van der Waals surface area (Å²) in [6.45, 7) is 2.81. The highest BCUT2D eigenvalue weighted by molar-refractivity contribution is 6.00. The summed E-state index contributed by atoms with van der Waals surface area (Å²) >= 11 is 0. The van der Waals surface area contributed by atoms with E-state index in [1.54, 1.807) is 60.5 Å². The normalized spacial score (nSPS) is 15.5. The number of carbonyl (C=O) groups excluding carboxylic acids is 3. The van der Waals surface area contributed by atoms with Gasteiger partial charge in [-0.3, -0.25) is 14.4 Å². The summed E-state index contributed by atoms with van der Waals surface area (Å²) in [6.07, 6.45) is 1.06. The zero-order valence-corrected chi connectivity index (χ0v) is 17.7. The number of nitrogens with zero attached hydrogens (tertiary/aromatic N) is 1. The van der Waals surface area contributed by atoms with Crippen LogP contribution >= 0.6 is 0 Å². The highest BCUT2D eigenvalue weighted by Crippen LogP contribution is 2.27. The fourth-order valence-corrected chi connectivity index (χ4v) is 3.27. The molecule has 0 aromatic heterocycles. The zero-order valence-electron chi connectivity index (χ0n) is 17.7. The molecule has 2 aromatic rings. The van der Waals surface area contributed by atoms with Gasteiger partial charge in [-0.15, -0.1) is 0 Å². The van der Waals surface area contributed by atoms with Crippen molar-refractivity contribution in [1.29, 1.82) is 0 Å². The molecule has 31 heavy (non-hydrogen) atoms. The predicted octanol–water partition coefficient (Wildman–Crippen LogP) is 2.59. The van der Waals surface area contributed by atoms with Crippen LogP contribution in [0.2, 0.25) is 0 Å². The minimum Gasteiger partial charge on any atom is -0.497 e. The van der Waals surface area contributed by atoms with Crippen molar-refractivity contribution in [2.45, 2.75) is 19.8 Å². The third-order valence-electron chi connectivity index (χ3n) is 4.94. The van der Waals surface area contributed by atoms with Crippen molar-refractivity contribution in [3.05, 3.63) is 48.5 Å². The SMILES string of the molecule is CCCNC(=O)[C@@H]1CC(=O)N(c2ccc(OCC(=O)Nc3ccc(OC)cc3)cc2)C1. The maximum absolute atomic E-state index is 12.3. The van der Waals surface area contributed by atoms with E-state index in [2.05, 4.69) is 10.6 Å². The van der Waals surface area contributed by atoms with E-state index in [0.29, 0.717) is 36.0 Å². The average molecular weight is 425 g/mol. The van der Waals surface area contributed by atoms with E-state index in [0.717, 1.165) is 6.42 Å². The second-order valence-corrected chi connectivity index (χ2v) is 7.26. The van der Waals surface area contributed by atoms with Gasteiger partial charge < -0.3 is 25.0 Å². The van der Waals surface area contributed by atoms with E-state index in [1.807, 2.05) is 6.92 Å². The summed E-state index contributed by atoms with van der Waals surface area (Å²) < 4.78 is 10.6. The molecule has 3 rings (SSSR count). The van der Waals surface area contributed by atoms with E-state index in [-0.39, 0.29) is 36.7 Å². The Morgan fingerprint density at radius 2 is 1.74 bits per heavy atom. The lowest BCUT2D eigenvalue weighted by molar-refractivity contribution is -0.126. The second-order valence-electron chi connectivity index (χ2n) is 7.26. The van der Waals surface area contributed by atoms with Gasteiger partial charge >= 0.3 is 0 Å². The Hall–Kier alpha value is -3.55. The molecule has 0 bridgehead atoms. The number of anilines is 2. The Kier molecular flexibility index (Phi) is 7.48. The Balaban J connectivity index is 1.50. The minimum absolute atomic E-state index is 0.0795. The van der Waals surface area contributed by atoms with Crippen LogP contribution in [-0.2, 0) is 14.4 Å². The molecule has 3 amide bonds. The summed E-state index contributed by atoms with van der Waals surface area (Å²) in [5, 5.41) is 5.59. The van der Waals surface area contributed by atoms with E-state index in [9.17, 15) is 14.4 Å². The van der Waals surface area contributed by atoms with Gasteiger partial charge in [-0.2, -0.15) is 0 Å². The molecular formula is C23H27N3O5. The lowest BCUT2D eigenvalue weighted by Crippen LogP contribution is -2.33. The van der Waals surface area contributed by atoms with Gasteiger partial charge in [0.15, 0.2) is 6.61 Å². The molecule has 2 N–H and O–H groups in total. The molecule has 1 heterocycles. The van der Waals surface area contributed by atoms with Gasteiger partial charge in [-0.05, 0) is 55.0 Å². The van der Waals surface area contributed by atoms with Crippen molar-refractivity contribution >= 4 is 29.1 Å². The molecule has 1 saturated heterocycles. The molecule has 164 valence electrons. The number of ether oxygens (including phenoxy) is 2. The van der Waals surface area contributed by atoms with Gasteiger partial charge in [-0.1, -0.05) is 6.92 Å². The van der Waals surface area contributed by atoms with Crippen LogP contribution in [0.5, 0.6) is 11.5 Å². The molecule has 0 aliphatic carbocycles. The summed E-state index contributed by atoms with van der Waals surface area (Å²) in [7, 11) is 1.58. The van der Waals surface area contributed by atoms with Crippen LogP contribution in [0, 0.1) is 5.92 Å². The van der Waals surface area contributed by atoms with E-state index < -0.39 is 0 Å². The number of carbonyl (C=O) groups is 3. The highest BCUT2D eigenvalue weighted by atomic mass is 16.5. The fourth-order valence-electron chi connectivity index (χ4n) is 3.27. The zero-order chi connectivity index (χ0) is 22.2. The molecule has 1 aliphatic rings. The maximum Gasteiger partial charge on any atom is 0.262 e. The molecule has 1 atom stereocenters. The Labute approximate surface area is 181 Å². The van der Waals surface area contributed by atoms with Crippen LogP contribution in [0.25, 0.3) is 0 Å². The molecule has 8 heteroatoms. The third kappa shape index (κ3) is 5.97. The molecule has 0 radical (unpaired) electrons. The van der Waals surface area contributed by atoms with Crippen molar-refractivity contribution in [2.24, 2.45) is 5.92 Å². The highest BCUT2D eigenvalue weighted by Gasteiger charge is 2.34. The Morgan fingerprint density at radius 1 is 1.06 bits per heavy atom. The van der Waals surface area contributed by atoms with Crippen molar-refractivity contribution in [3.8, 4) is 11.5 Å². The standard InChI is InChI=1S/C23H27N3O5/c1-3-12-24-23(29)16-13-22(28)26(14-16)18-6-10-20(11-7-18)31-15-21(27)25-17-4-8-19(30-2)9-5-17/h4-11,16H,3,12-15H2,1-2H3,(H,24,29)(H,25,27)/t16-/m1/s1. The number of hydrogen-bond donors (Lipinski definition) is 2. The first-order chi connectivity index (χ1) is 15.0. The van der Waals surface area contributed by atoms with Crippen molar-refractivity contribution < 1.29 is 23.9 Å². The van der Waals surface area contributed by atoms with Gasteiger partial charge in [0, 0.05) is 30.9 Å². The molecule has 2 aromatic carbocycles. The number of amides is 3. The molecule has 1 fully saturated rings. The number of rotatable bonds is 9. The summed E-state index contributed by atoms with van der Waals surface area (Å²) in [6, 6.07) is 13.9. The number of methoxy groups -OCH3 is 1. The monoisotopic (exact) mass is 425 g/mol. The third-order valence-corrected chi connectivity index (χ3v) is 4.94. The van der Waals surface area contributed by atoms with E-state index in [1.165, 1.54) is 0 Å². The van der Waals surface area contributed by atoms with Crippen LogP contribution in [-0.4, -0.2) is 44.5 Å². The summed E-state index contributed by atoms with van der Waals surface area (Å²) in [4.78, 5) is 38.2. The molecule has 0 spiro atoms. The predicted molar refractivity (Wildman–Crippen MR) is 117 cm³/mol. The van der Waals surface area contributed by atoms with Crippen LogP contribution < -0.4 is 25.0 Å². The Bertz CT molecular complexity index is 912. The second kappa shape index (κ2) is 10.5. The van der Waals surface area contributed by atoms with Crippen molar-refractivity contribution in [2.75, 3.05) is 37.0 Å². The van der Waals surface area contributed by atoms with Crippen LogP contribution in [0.4, 0.5) is 11.4 Å². The van der Waals surface area contributed by atoms with Crippen molar-refractivity contribution in [3.63, 3.8) is 0 Å². The van der Waals surface area contributed by atoms with E-state index >= 15 is 0 Å². The first-order valence-corrected chi connectivity index (χ1v) is 10.2. The van der Waals surface area contributed by atoms with Crippen molar-refractivity contribution in [1.82, 2.24) is 5.32 Å². The summed E-state index contributed by atoms with van der Waals surface area (Å²) in [5.74, 6) is 0.433. The lowest BCUT2D eigenvalue weighted by Gasteiger charge is -2.17. The number of nitrogens with one attached hydrogen (secondary N) is 2. The maximum atomic E-state index is 12.3. The van der Waals surface area contributed by atoms with Crippen LogP contribution in [0.15, 0.2) is 48.5 Å². The lowest BCUT2D eigenvalue weighted by atomic mass is 10.1. The molecule has 1 aliphatic heterocycles. The number of benzene rings is 2. The van der Waals surface area contributed by atoms with Gasteiger partial charge in [0.2, 0.25) is 11.8 Å². The molecular weight excluding hydrogens is 398 g/mol. The van der Waals surface area contributed by atoms with Gasteiger partial charge in [0.25, 0.3) is 5.91 Å². The Morgan fingerprint density at radius 3 is 2.39 bits per heavy atom. The van der Waals surface area contributed by atoms with Crippen LogP contribution in [0.3, 0.4) is 0 Å². The quantitative estimate of drug-likeness (QED) is 0.644. The first kappa shape index (κ1) is 22.1.